The topological polar surface area (TPSA) is 72.8 Å². The molecule has 182 valence electrons. The van der Waals surface area contributed by atoms with Crippen LogP contribution in [0.2, 0.25) is 5.02 Å². The number of aromatic hydroxyl groups is 1. The summed E-state index contributed by atoms with van der Waals surface area (Å²) >= 11 is 5.92. The third-order valence-corrected chi connectivity index (χ3v) is 5.66. The number of phenols is 1. The van der Waals surface area contributed by atoms with Crippen molar-refractivity contribution in [2.24, 2.45) is 0 Å². The van der Waals surface area contributed by atoms with Crippen molar-refractivity contribution in [2.75, 3.05) is 13.7 Å². The first-order valence-corrected chi connectivity index (χ1v) is 11.7. The fourth-order valence-electron chi connectivity index (χ4n) is 3.56. The molecule has 0 aliphatic heterocycles. The number of halogens is 1. The van der Waals surface area contributed by atoms with Crippen molar-refractivity contribution in [2.45, 2.75) is 53.4 Å². The molecule has 0 unspecified atom stereocenters. The number of hydrogen-bond donors (Lipinski definition) is 1. The number of benzene rings is 2. The molecule has 0 aromatic heterocycles. The fraction of sp³-hybridized carbons (Fsp3) is 0.357. The SMILES string of the molecule is CCOC(=O)c1c(CC(=O)c2ccc(Cl)cc2)cc(OC)c(C/C=C(\C)CCC=C(C)C)c1O. The average Bonchev–Trinajstić information content (AvgIpc) is 2.78. The lowest BCUT2D eigenvalue weighted by molar-refractivity contribution is 0.0521. The summed E-state index contributed by atoms with van der Waals surface area (Å²) in [5.41, 5.74) is 3.72. The summed E-state index contributed by atoms with van der Waals surface area (Å²) in [7, 11) is 1.50. The van der Waals surface area contributed by atoms with Crippen LogP contribution in [0.25, 0.3) is 0 Å². The molecular formula is C28H33ClO5. The second kappa shape index (κ2) is 13.0. The summed E-state index contributed by atoms with van der Waals surface area (Å²) in [5.74, 6) is -0.693. The van der Waals surface area contributed by atoms with Crippen molar-refractivity contribution in [3.05, 3.63) is 80.9 Å². The molecule has 5 nitrogen and oxygen atoms in total. The van der Waals surface area contributed by atoms with Gasteiger partial charge in [-0.25, -0.2) is 4.79 Å². The summed E-state index contributed by atoms with van der Waals surface area (Å²) in [4.78, 5) is 25.7. The second-order valence-corrected chi connectivity index (χ2v) is 8.78. The standard InChI is InChI=1S/C28H33ClO5/c1-6-34-28(32)26-21(16-24(30)20-11-13-22(29)14-12-20)17-25(33-5)23(27(26)31)15-10-19(4)9-7-8-18(2)3/h8,10-14,17,31H,6-7,9,15-16H2,1-5H3/b19-10+. The minimum absolute atomic E-state index is 0.00411. The largest absolute Gasteiger partial charge is 0.507 e. The van der Waals surface area contributed by atoms with E-state index in [1.54, 1.807) is 37.3 Å². The first kappa shape index (κ1) is 27.2. The molecule has 0 heterocycles. The van der Waals surface area contributed by atoms with Crippen LogP contribution >= 0.6 is 11.6 Å². The normalized spacial score (nSPS) is 11.2. The Kier molecular flexibility index (Phi) is 10.4. The van der Waals surface area contributed by atoms with Gasteiger partial charge in [0, 0.05) is 22.6 Å². The first-order valence-electron chi connectivity index (χ1n) is 11.3. The monoisotopic (exact) mass is 484 g/mol. The molecule has 6 heteroatoms. The Balaban J connectivity index is 2.44. The van der Waals surface area contributed by atoms with E-state index in [0.29, 0.717) is 33.9 Å². The highest BCUT2D eigenvalue weighted by Crippen LogP contribution is 2.36. The van der Waals surface area contributed by atoms with Crippen molar-refractivity contribution in [3.63, 3.8) is 0 Å². The minimum Gasteiger partial charge on any atom is -0.507 e. The van der Waals surface area contributed by atoms with Crippen molar-refractivity contribution in [1.82, 2.24) is 0 Å². The maximum atomic E-state index is 12.9. The van der Waals surface area contributed by atoms with Gasteiger partial charge in [0.05, 0.1) is 13.7 Å². The fourth-order valence-corrected chi connectivity index (χ4v) is 3.69. The molecule has 0 fully saturated rings. The van der Waals surface area contributed by atoms with Gasteiger partial charge in [-0.3, -0.25) is 4.79 Å². The highest BCUT2D eigenvalue weighted by molar-refractivity contribution is 6.30. The Morgan fingerprint density at radius 3 is 2.35 bits per heavy atom. The lowest BCUT2D eigenvalue weighted by Gasteiger charge is -2.17. The van der Waals surface area contributed by atoms with Crippen LogP contribution in [0.5, 0.6) is 11.5 Å². The molecule has 0 amide bonds. The lowest BCUT2D eigenvalue weighted by Crippen LogP contribution is -2.14. The Morgan fingerprint density at radius 2 is 1.76 bits per heavy atom. The quantitative estimate of drug-likeness (QED) is 0.213. The Hall–Kier alpha value is -3.05. The molecule has 0 saturated carbocycles. The number of ketones is 1. The van der Waals surface area contributed by atoms with Gasteiger partial charge in [0.2, 0.25) is 0 Å². The zero-order chi connectivity index (χ0) is 25.3. The molecule has 0 bridgehead atoms. The number of hydrogen-bond acceptors (Lipinski definition) is 5. The van der Waals surface area contributed by atoms with Crippen molar-refractivity contribution in [3.8, 4) is 11.5 Å². The maximum Gasteiger partial charge on any atom is 0.342 e. The molecule has 2 aromatic rings. The number of rotatable bonds is 11. The maximum absolute atomic E-state index is 12.9. The van der Waals surface area contributed by atoms with E-state index in [1.165, 1.54) is 18.3 Å². The van der Waals surface area contributed by atoms with Crippen LogP contribution in [0.4, 0.5) is 0 Å². The highest BCUT2D eigenvalue weighted by atomic mass is 35.5. The molecule has 0 aliphatic rings. The van der Waals surface area contributed by atoms with Crippen molar-refractivity contribution >= 4 is 23.4 Å². The van der Waals surface area contributed by atoms with E-state index in [2.05, 4.69) is 19.9 Å². The molecule has 0 radical (unpaired) electrons. The van der Waals surface area contributed by atoms with E-state index in [0.717, 1.165) is 12.8 Å². The number of ether oxygens (including phenoxy) is 2. The molecule has 0 saturated heterocycles. The van der Waals surface area contributed by atoms with Crippen LogP contribution in [0.3, 0.4) is 0 Å². The van der Waals surface area contributed by atoms with Gasteiger partial charge < -0.3 is 14.6 Å². The Labute approximate surface area is 207 Å². The molecular weight excluding hydrogens is 452 g/mol. The number of carbonyl (C=O) groups is 2. The number of esters is 1. The summed E-state index contributed by atoms with van der Waals surface area (Å²) in [5, 5.41) is 11.6. The predicted octanol–water partition coefficient (Wildman–Crippen LogP) is 6.89. The van der Waals surface area contributed by atoms with E-state index >= 15 is 0 Å². The molecule has 0 atom stereocenters. The van der Waals surface area contributed by atoms with E-state index in [4.69, 9.17) is 21.1 Å². The first-order chi connectivity index (χ1) is 16.2. The van der Waals surface area contributed by atoms with Crippen LogP contribution in [-0.2, 0) is 17.6 Å². The van der Waals surface area contributed by atoms with Crippen LogP contribution in [-0.4, -0.2) is 30.6 Å². The summed E-state index contributed by atoms with van der Waals surface area (Å²) in [6, 6.07) is 8.16. The highest BCUT2D eigenvalue weighted by Gasteiger charge is 2.25. The van der Waals surface area contributed by atoms with E-state index < -0.39 is 5.97 Å². The Bertz CT molecular complexity index is 1080. The van der Waals surface area contributed by atoms with E-state index in [-0.39, 0.29) is 30.1 Å². The minimum atomic E-state index is -0.674. The number of allylic oxidation sites excluding steroid dienone is 4. The van der Waals surface area contributed by atoms with Crippen molar-refractivity contribution in [1.29, 1.82) is 0 Å². The van der Waals surface area contributed by atoms with Gasteiger partial charge in [-0.15, -0.1) is 0 Å². The van der Waals surface area contributed by atoms with Crippen LogP contribution in [0, 0.1) is 0 Å². The molecule has 2 rings (SSSR count). The third-order valence-electron chi connectivity index (χ3n) is 5.41. The molecule has 34 heavy (non-hydrogen) atoms. The van der Waals surface area contributed by atoms with Crippen LogP contribution in [0.15, 0.2) is 53.6 Å². The van der Waals surface area contributed by atoms with Gasteiger partial charge in [0.25, 0.3) is 0 Å². The Morgan fingerprint density at radius 1 is 1.09 bits per heavy atom. The number of Topliss-reactive ketones (excluding diaryl/α,β-unsaturated/α-hetero) is 1. The van der Waals surface area contributed by atoms with E-state index in [9.17, 15) is 14.7 Å². The summed E-state index contributed by atoms with van der Waals surface area (Å²) in [6.07, 6.45) is 6.32. The smallest absolute Gasteiger partial charge is 0.342 e. The summed E-state index contributed by atoms with van der Waals surface area (Å²) in [6.45, 7) is 8.01. The van der Waals surface area contributed by atoms with Gasteiger partial charge in [0.15, 0.2) is 5.78 Å². The van der Waals surface area contributed by atoms with Gasteiger partial charge in [-0.1, -0.05) is 34.9 Å². The van der Waals surface area contributed by atoms with Crippen molar-refractivity contribution < 1.29 is 24.2 Å². The van der Waals surface area contributed by atoms with Gasteiger partial charge >= 0.3 is 5.97 Å². The zero-order valence-electron chi connectivity index (χ0n) is 20.5. The predicted molar refractivity (Wildman–Crippen MR) is 136 cm³/mol. The van der Waals surface area contributed by atoms with Crippen LogP contribution in [0.1, 0.15) is 72.4 Å². The van der Waals surface area contributed by atoms with E-state index in [1.807, 2.05) is 13.0 Å². The number of phenolic OH excluding ortho intramolecular Hbond substituents is 1. The van der Waals surface area contributed by atoms with Crippen LogP contribution < -0.4 is 4.74 Å². The third kappa shape index (κ3) is 7.49. The molecule has 1 N–H and O–H groups in total. The van der Waals surface area contributed by atoms with Gasteiger partial charge in [0.1, 0.15) is 17.1 Å². The zero-order valence-corrected chi connectivity index (χ0v) is 21.3. The number of carbonyl (C=O) groups excluding carboxylic acids is 2. The lowest BCUT2D eigenvalue weighted by atomic mass is 9.93. The molecule has 2 aromatic carbocycles. The molecule has 0 aliphatic carbocycles. The average molecular weight is 485 g/mol. The molecule has 0 spiro atoms. The van der Waals surface area contributed by atoms with Gasteiger partial charge in [-0.2, -0.15) is 0 Å². The van der Waals surface area contributed by atoms with Gasteiger partial charge in [-0.05, 0) is 82.9 Å². The second-order valence-electron chi connectivity index (χ2n) is 8.34. The number of methoxy groups -OCH3 is 1. The summed E-state index contributed by atoms with van der Waals surface area (Å²) < 4.78 is 10.7.